The van der Waals surface area contributed by atoms with Gasteiger partial charge in [0.05, 0.1) is 10.5 Å². The van der Waals surface area contributed by atoms with E-state index in [9.17, 15) is 19.7 Å². The Balaban J connectivity index is 2.13. The summed E-state index contributed by atoms with van der Waals surface area (Å²) < 4.78 is 5.31. The number of likely N-dealkylation sites (tertiary alicyclic amines) is 1. The van der Waals surface area contributed by atoms with Gasteiger partial charge in [-0.3, -0.25) is 14.9 Å². The Labute approximate surface area is 159 Å². The molecule has 1 saturated heterocycles. The van der Waals surface area contributed by atoms with Crippen LogP contribution >= 0.6 is 0 Å². The normalized spacial score (nSPS) is 17.9. The fourth-order valence-electron chi connectivity index (χ4n) is 3.40. The van der Waals surface area contributed by atoms with Crippen molar-refractivity contribution in [2.24, 2.45) is 0 Å². The minimum atomic E-state index is -0.933. The number of amides is 1. The van der Waals surface area contributed by atoms with Gasteiger partial charge < -0.3 is 14.5 Å². The molecule has 8 heteroatoms. The highest BCUT2D eigenvalue weighted by Gasteiger charge is 2.31. The second-order valence-corrected chi connectivity index (χ2v) is 6.99. The van der Waals surface area contributed by atoms with Crippen molar-refractivity contribution in [3.05, 3.63) is 33.9 Å². The molecule has 8 nitrogen and oxygen atoms in total. The molecule has 1 amide bonds. The van der Waals surface area contributed by atoms with Crippen molar-refractivity contribution in [2.75, 3.05) is 25.5 Å². The first kappa shape index (κ1) is 20.7. The third-order valence-corrected chi connectivity index (χ3v) is 4.90. The van der Waals surface area contributed by atoms with Crippen LogP contribution in [0.15, 0.2) is 18.2 Å². The van der Waals surface area contributed by atoms with Gasteiger partial charge in [0.25, 0.3) is 11.6 Å². The maximum atomic E-state index is 12.7. The highest BCUT2D eigenvalue weighted by molar-refractivity contribution is 5.93. The van der Waals surface area contributed by atoms with E-state index in [0.29, 0.717) is 12.2 Å². The molecule has 1 aromatic rings. The molecule has 1 heterocycles. The molecule has 1 aromatic carbocycles. The number of nitrogens with zero attached hydrogens (tertiary/aromatic N) is 3. The Kier molecular flexibility index (Phi) is 6.76. The SMILES string of the molecule is CCC1CCCCN1C(=O)C(C)OC(=O)c1ccc(N(C)C)c([N+](=O)[O-])c1. The van der Waals surface area contributed by atoms with Crippen LogP contribution in [0.1, 0.15) is 49.9 Å². The quantitative estimate of drug-likeness (QED) is 0.430. The minimum Gasteiger partial charge on any atom is -0.449 e. The number of esters is 1. The van der Waals surface area contributed by atoms with Gasteiger partial charge in [-0.2, -0.15) is 0 Å². The zero-order chi connectivity index (χ0) is 20.1. The number of anilines is 1. The third kappa shape index (κ3) is 4.75. The van der Waals surface area contributed by atoms with Gasteiger partial charge >= 0.3 is 5.97 Å². The Morgan fingerprint density at radius 2 is 2.07 bits per heavy atom. The fraction of sp³-hybridized carbons (Fsp3) is 0.579. The van der Waals surface area contributed by atoms with Gasteiger partial charge in [0.15, 0.2) is 6.10 Å². The van der Waals surface area contributed by atoms with Crippen molar-refractivity contribution < 1.29 is 19.2 Å². The fourth-order valence-corrected chi connectivity index (χ4v) is 3.40. The van der Waals surface area contributed by atoms with Crippen molar-refractivity contribution in [1.82, 2.24) is 4.90 Å². The monoisotopic (exact) mass is 377 g/mol. The number of benzene rings is 1. The number of rotatable bonds is 6. The summed E-state index contributed by atoms with van der Waals surface area (Å²) in [4.78, 5) is 39.2. The summed E-state index contributed by atoms with van der Waals surface area (Å²) in [6.45, 7) is 4.25. The molecule has 2 unspecified atom stereocenters. The number of nitro groups is 1. The van der Waals surface area contributed by atoms with E-state index >= 15 is 0 Å². The Morgan fingerprint density at radius 3 is 2.67 bits per heavy atom. The first-order chi connectivity index (χ1) is 12.8. The van der Waals surface area contributed by atoms with Crippen LogP contribution in [0, 0.1) is 10.1 Å². The topological polar surface area (TPSA) is 93.0 Å². The first-order valence-electron chi connectivity index (χ1n) is 9.23. The van der Waals surface area contributed by atoms with Crippen LogP contribution in [-0.4, -0.2) is 54.5 Å². The summed E-state index contributed by atoms with van der Waals surface area (Å²) >= 11 is 0. The van der Waals surface area contributed by atoms with E-state index in [-0.39, 0.29) is 23.2 Å². The summed E-state index contributed by atoms with van der Waals surface area (Å²) in [5.41, 5.74) is 0.257. The summed E-state index contributed by atoms with van der Waals surface area (Å²) in [7, 11) is 3.37. The maximum Gasteiger partial charge on any atom is 0.339 e. The molecular formula is C19H27N3O5. The van der Waals surface area contributed by atoms with Gasteiger partial charge in [-0.05, 0) is 44.7 Å². The molecule has 27 heavy (non-hydrogen) atoms. The smallest absolute Gasteiger partial charge is 0.339 e. The number of nitro benzene ring substituents is 1. The predicted octanol–water partition coefficient (Wildman–Crippen LogP) is 3.00. The molecule has 0 aliphatic carbocycles. The van der Waals surface area contributed by atoms with E-state index in [1.807, 2.05) is 6.92 Å². The highest BCUT2D eigenvalue weighted by Crippen LogP contribution is 2.28. The molecule has 0 spiro atoms. The minimum absolute atomic E-state index is 0.0534. The lowest BCUT2D eigenvalue weighted by Gasteiger charge is -2.36. The van der Waals surface area contributed by atoms with Crippen LogP contribution in [-0.2, 0) is 9.53 Å². The molecule has 1 fully saturated rings. The number of ether oxygens (including phenoxy) is 1. The van der Waals surface area contributed by atoms with Crippen LogP contribution in [0.4, 0.5) is 11.4 Å². The zero-order valence-electron chi connectivity index (χ0n) is 16.3. The second-order valence-electron chi connectivity index (χ2n) is 6.99. The summed E-state index contributed by atoms with van der Waals surface area (Å²) in [6.07, 6.45) is 2.93. The molecule has 1 aliphatic heterocycles. The molecule has 2 atom stereocenters. The van der Waals surface area contributed by atoms with E-state index in [0.717, 1.165) is 25.7 Å². The van der Waals surface area contributed by atoms with Crippen molar-refractivity contribution in [3.8, 4) is 0 Å². The van der Waals surface area contributed by atoms with E-state index < -0.39 is 17.0 Å². The largest absolute Gasteiger partial charge is 0.449 e. The Morgan fingerprint density at radius 1 is 1.37 bits per heavy atom. The van der Waals surface area contributed by atoms with Crippen molar-refractivity contribution in [2.45, 2.75) is 51.7 Å². The third-order valence-electron chi connectivity index (χ3n) is 4.90. The lowest BCUT2D eigenvalue weighted by Crippen LogP contribution is -2.48. The molecule has 0 saturated carbocycles. The summed E-state index contributed by atoms with van der Waals surface area (Å²) in [5.74, 6) is -0.955. The average Bonchev–Trinajstić information content (AvgIpc) is 2.66. The van der Waals surface area contributed by atoms with Gasteiger partial charge in [0.1, 0.15) is 5.69 Å². The molecule has 2 rings (SSSR count). The molecule has 0 N–H and O–H groups in total. The van der Waals surface area contributed by atoms with Crippen LogP contribution in [0.25, 0.3) is 0 Å². The van der Waals surface area contributed by atoms with E-state index in [1.165, 1.54) is 18.2 Å². The van der Waals surface area contributed by atoms with Crippen LogP contribution in [0.2, 0.25) is 0 Å². The Bertz CT molecular complexity index is 719. The molecule has 0 aromatic heterocycles. The molecule has 0 radical (unpaired) electrons. The standard InChI is InChI=1S/C19H27N3O5/c1-5-15-8-6-7-11-21(15)18(23)13(2)27-19(24)14-9-10-16(20(3)4)17(12-14)22(25)26/h9-10,12-13,15H,5-8,11H2,1-4H3. The number of hydrogen-bond donors (Lipinski definition) is 0. The number of hydrogen-bond acceptors (Lipinski definition) is 6. The number of piperidine rings is 1. The van der Waals surface area contributed by atoms with E-state index in [2.05, 4.69) is 0 Å². The van der Waals surface area contributed by atoms with Crippen molar-refractivity contribution >= 4 is 23.3 Å². The average molecular weight is 377 g/mol. The lowest BCUT2D eigenvalue weighted by molar-refractivity contribution is -0.384. The van der Waals surface area contributed by atoms with Crippen molar-refractivity contribution in [1.29, 1.82) is 0 Å². The van der Waals surface area contributed by atoms with Gasteiger partial charge in [0, 0.05) is 32.7 Å². The summed E-state index contributed by atoms with van der Waals surface area (Å²) in [6, 6.07) is 4.33. The van der Waals surface area contributed by atoms with E-state index in [4.69, 9.17) is 4.74 Å². The van der Waals surface area contributed by atoms with Gasteiger partial charge in [-0.25, -0.2) is 4.79 Å². The van der Waals surface area contributed by atoms with Gasteiger partial charge in [-0.15, -0.1) is 0 Å². The van der Waals surface area contributed by atoms with Gasteiger partial charge in [0.2, 0.25) is 0 Å². The first-order valence-corrected chi connectivity index (χ1v) is 9.23. The van der Waals surface area contributed by atoms with E-state index in [1.54, 1.807) is 30.8 Å². The van der Waals surface area contributed by atoms with Crippen LogP contribution in [0.3, 0.4) is 0 Å². The lowest BCUT2D eigenvalue weighted by atomic mass is 9.99. The number of carbonyl (C=O) groups excluding carboxylic acids is 2. The summed E-state index contributed by atoms with van der Waals surface area (Å²) in [5, 5.41) is 11.3. The zero-order valence-corrected chi connectivity index (χ0v) is 16.3. The highest BCUT2D eigenvalue weighted by atomic mass is 16.6. The Hall–Kier alpha value is -2.64. The predicted molar refractivity (Wildman–Crippen MR) is 102 cm³/mol. The molecule has 1 aliphatic rings. The molecule has 0 bridgehead atoms. The van der Waals surface area contributed by atoms with Crippen LogP contribution in [0.5, 0.6) is 0 Å². The molecule has 148 valence electrons. The maximum absolute atomic E-state index is 12.7. The van der Waals surface area contributed by atoms with Gasteiger partial charge in [-0.1, -0.05) is 6.92 Å². The number of carbonyl (C=O) groups is 2. The van der Waals surface area contributed by atoms with Crippen molar-refractivity contribution in [3.63, 3.8) is 0 Å². The van der Waals surface area contributed by atoms with Crippen LogP contribution < -0.4 is 4.90 Å². The molecular weight excluding hydrogens is 350 g/mol. The second kappa shape index (κ2) is 8.83.